The minimum atomic E-state index is -0.603. The fraction of sp³-hybridized carbons (Fsp3) is 0.500. The first-order valence-electron chi connectivity index (χ1n) is 12.5. The van der Waals surface area contributed by atoms with Gasteiger partial charge in [-0.05, 0) is 49.0 Å². The van der Waals surface area contributed by atoms with E-state index in [4.69, 9.17) is 5.73 Å². The molecule has 0 unspecified atom stereocenters. The number of anilines is 2. The van der Waals surface area contributed by atoms with Crippen LogP contribution >= 0.6 is 0 Å². The van der Waals surface area contributed by atoms with Crippen molar-refractivity contribution in [2.75, 3.05) is 30.3 Å². The number of phenolic OH excluding ortho intramolecular Hbond substituents is 1. The van der Waals surface area contributed by atoms with Gasteiger partial charge in [0.1, 0.15) is 11.6 Å². The summed E-state index contributed by atoms with van der Waals surface area (Å²) in [6.45, 7) is 3.90. The quantitative estimate of drug-likeness (QED) is 0.532. The zero-order valence-electron chi connectivity index (χ0n) is 20.3. The fourth-order valence-electron chi connectivity index (χ4n) is 5.08. The third kappa shape index (κ3) is 5.51. The van der Waals surface area contributed by atoms with E-state index < -0.39 is 11.2 Å². The zero-order valence-corrected chi connectivity index (χ0v) is 20.3. The standard InChI is InChI=1S/C26H35N5O4/c1-2-3-14-30-24(27)23(25(34)28-26(30)35)31(20-6-4-5-7-20)22(33)17-29-15-12-19(13-16-29)18-8-10-21(32)11-9-18/h8-12,20,32H,2-7,13-17,27H2,1H3,(H,28,34,35). The van der Waals surface area contributed by atoms with Gasteiger partial charge >= 0.3 is 5.69 Å². The number of carbonyl (C=O) groups excluding carboxylic acids is 1. The van der Waals surface area contributed by atoms with Crippen LogP contribution < -0.4 is 21.9 Å². The third-order valence-electron chi connectivity index (χ3n) is 7.04. The number of aromatic nitrogens is 2. The minimum absolute atomic E-state index is 0.0700. The van der Waals surface area contributed by atoms with Gasteiger partial charge < -0.3 is 15.7 Å². The first-order valence-corrected chi connectivity index (χ1v) is 12.5. The van der Waals surface area contributed by atoms with Crippen molar-refractivity contribution in [3.05, 3.63) is 56.7 Å². The Morgan fingerprint density at radius 2 is 1.91 bits per heavy atom. The number of amides is 1. The van der Waals surface area contributed by atoms with Crippen LogP contribution in [-0.4, -0.2) is 51.1 Å². The highest BCUT2D eigenvalue weighted by Crippen LogP contribution is 2.30. The molecule has 2 aromatic rings. The largest absolute Gasteiger partial charge is 0.508 e. The molecular formula is C26H35N5O4. The van der Waals surface area contributed by atoms with Crippen LogP contribution in [0.1, 0.15) is 57.4 Å². The second kappa shape index (κ2) is 10.9. The zero-order chi connectivity index (χ0) is 24.9. The summed E-state index contributed by atoms with van der Waals surface area (Å²) in [4.78, 5) is 45.0. The Kier molecular flexibility index (Phi) is 7.75. The number of nitrogens with two attached hydrogens (primary N) is 1. The van der Waals surface area contributed by atoms with Crippen molar-refractivity contribution in [1.82, 2.24) is 14.5 Å². The molecule has 1 aliphatic carbocycles. The molecule has 1 aliphatic heterocycles. The molecule has 2 aliphatic rings. The number of nitrogen functional groups attached to an aromatic ring is 1. The predicted molar refractivity (Wildman–Crippen MR) is 138 cm³/mol. The number of hydrogen-bond acceptors (Lipinski definition) is 6. The van der Waals surface area contributed by atoms with E-state index in [1.165, 1.54) is 10.1 Å². The van der Waals surface area contributed by atoms with Crippen LogP contribution in [0, 0.1) is 0 Å². The summed E-state index contributed by atoms with van der Waals surface area (Å²) < 4.78 is 1.38. The van der Waals surface area contributed by atoms with E-state index in [1.807, 2.05) is 19.1 Å². The van der Waals surface area contributed by atoms with E-state index >= 15 is 0 Å². The van der Waals surface area contributed by atoms with Crippen LogP contribution in [0.2, 0.25) is 0 Å². The van der Waals surface area contributed by atoms with Crippen molar-refractivity contribution < 1.29 is 9.90 Å². The Labute approximate surface area is 204 Å². The first-order chi connectivity index (χ1) is 16.9. The monoisotopic (exact) mass is 481 g/mol. The van der Waals surface area contributed by atoms with Gasteiger partial charge in [-0.3, -0.25) is 24.0 Å². The molecule has 1 saturated carbocycles. The van der Waals surface area contributed by atoms with Crippen molar-refractivity contribution in [1.29, 1.82) is 0 Å². The number of nitrogens with one attached hydrogen (secondary N) is 1. The molecule has 35 heavy (non-hydrogen) atoms. The van der Waals surface area contributed by atoms with Crippen LogP contribution in [0.3, 0.4) is 0 Å². The molecule has 4 rings (SSSR count). The molecule has 1 aromatic heterocycles. The lowest BCUT2D eigenvalue weighted by molar-refractivity contribution is -0.120. The Bertz CT molecular complexity index is 1190. The normalized spacial score (nSPS) is 16.9. The lowest BCUT2D eigenvalue weighted by atomic mass is 9.99. The Balaban J connectivity index is 1.57. The van der Waals surface area contributed by atoms with Crippen LogP contribution in [0.15, 0.2) is 39.9 Å². The molecule has 9 heteroatoms. The maximum Gasteiger partial charge on any atom is 0.330 e. The fourth-order valence-corrected chi connectivity index (χ4v) is 5.08. The van der Waals surface area contributed by atoms with Gasteiger partial charge in [0, 0.05) is 25.7 Å². The molecule has 0 saturated heterocycles. The number of nitrogens with zero attached hydrogens (tertiary/aromatic N) is 3. The molecule has 9 nitrogen and oxygen atoms in total. The van der Waals surface area contributed by atoms with Crippen molar-refractivity contribution >= 4 is 23.0 Å². The summed E-state index contributed by atoms with van der Waals surface area (Å²) in [5.41, 5.74) is 7.58. The number of aromatic amines is 1. The molecule has 1 amide bonds. The van der Waals surface area contributed by atoms with Gasteiger partial charge in [0.15, 0.2) is 5.69 Å². The average molecular weight is 482 g/mol. The minimum Gasteiger partial charge on any atom is -0.508 e. The molecule has 0 spiro atoms. The van der Waals surface area contributed by atoms with Gasteiger partial charge in [0.25, 0.3) is 5.56 Å². The molecule has 2 heterocycles. The van der Waals surface area contributed by atoms with Crippen molar-refractivity contribution in [3.63, 3.8) is 0 Å². The van der Waals surface area contributed by atoms with Gasteiger partial charge in [-0.1, -0.05) is 44.4 Å². The third-order valence-corrected chi connectivity index (χ3v) is 7.04. The van der Waals surface area contributed by atoms with Crippen LogP contribution in [0.25, 0.3) is 5.57 Å². The summed E-state index contributed by atoms with van der Waals surface area (Å²) in [7, 11) is 0. The second-order valence-electron chi connectivity index (χ2n) is 9.46. The number of benzene rings is 1. The summed E-state index contributed by atoms with van der Waals surface area (Å²) in [5.74, 6) is 0.136. The number of rotatable bonds is 8. The van der Waals surface area contributed by atoms with Crippen molar-refractivity contribution in [2.45, 2.75) is 64.5 Å². The molecule has 0 bridgehead atoms. The first kappa shape index (κ1) is 24.8. The Hall–Kier alpha value is -3.33. The van der Waals surface area contributed by atoms with E-state index in [9.17, 15) is 19.5 Å². The highest BCUT2D eigenvalue weighted by atomic mass is 16.3. The topological polar surface area (TPSA) is 125 Å². The average Bonchev–Trinajstić information content (AvgIpc) is 3.37. The van der Waals surface area contributed by atoms with Crippen molar-refractivity contribution in [2.24, 2.45) is 0 Å². The van der Waals surface area contributed by atoms with Gasteiger partial charge in [-0.25, -0.2) is 4.79 Å². The lowest BCUT2D eigenvalue weighted by Gasteiger charge is -2.33. The Morgan fingerprint density at radius 3 is 2.54 bits per heavy atom. The van der Waals surface area contributed by atoms with E-state index in [1.54, 1.807) is 17.0 Å². The summed E-state index contributed by atoms with van der Waals surface area (Å²) in [6.07, 6.45) is 8.11. The molecule has 0 atom stereocenters. The summed E-state index contributed by atoms with van der Waals surface area (Å²) in [6, 6.07) is 7.04. The van der Waals surface area contributed by atoms with E-state index in [-0.39, 0.29) is 35.7 Å². The van der Waals surface area contributed by atoms with Crippen LogP contribution in [0.4, 0.5) is 11.5 Å². The van der Waals surface area contributed by atoms with Crippen molar-refractivity contribution in [3.8, 4) is 5.75 Å². The summed E-state index contributed by atoms with van der Waals surface area (Å²) in [5, 5.41) is 9.52. The highest BCUT2D eigenvalue weighted by Gasteiger charge is 2.33. The van der Waals surface area contributed by atoms with E-state index in [0.717, 1.165) is 50.5 Å². The van der Waals surface area contributed by atoms with E-state index in [0.29, 0.717) is 19.6 Å². The molecule has 0 radical (unpaired) electrons. The number of carbonyl (C=O) groups is 1. The molecule has 1 aromatic carbocycles. The maximum absolute atomic E-state index is 13.6. The Morgan fingerprint density at radius 1 is 1.20 bits per heavy atom. The molecular weight excluding hydrogens is 446 g/mol. The van der Waals surface area contributed by atoms with Crippen LogP contribution in [0.5, 0.6) is 5.75 Å². The second-order valence-corrected chi connectivity index (χ2v) is 9.46. The molecule has 188 valence electrons. The van der Waals surface area contributed by atoms with Gasteiger partial charge in [0.05, 0.1) is 6.54 Å². The summed E-state index contributed by atoms with van der Waals surface area (Å²) >= 11 is 0. The molecule has 1 fully saturated rings. The van der Waals surface area contributed by atoms with Gasteiger partial charge in [-0.2, -0.15) is 0 Å². The molecule has 4 N–H and O–H groups in total. The number of aromatic hydroxyl groups is 1. The van der Waals surface area contributed by atoms with E-state index in [2.05, 4.69) is 16.0 Å². The van der Waals surface area contributed by atoms with Gasteiger partial charge in [0.2, 0.25) is 5.91 Å². The number of phenols is 1. The van der Waals surface area contributed by atoms with Gasteiger partial charge in [-0.15, -0.1) is 0 Å². The SMILES string of the molecule is CCCCn1c(N)c(N(C(=O)CN2CC=C(c3ccc(O)cc3)CC2)C2CCCC2)c(=O)[nH]c1=O. The maximum atomic E-state index is 13.6. The number of unbranched alkanes of at least 4 members (excludes halogenated alkanes) is 1. The predicted octanol–water partition coefficient (Wildman–Crippen LogP) is 2.69. The lowest BCUT2D eigenvalue weighted by Crippen LogP contribution is -2.49. The van der Waals surface area contributed by atoms with Crippen LogP contribution in [-0.2, 0) is 11.3 Å². The number of hydrogen-bond donors (Lipinski definition) is 3. The highest BCUT2D eigenvalue weighted by molar-refractivity contribution is 5.97. The number of H-pyrrole nitrogens is 1. The smallest absolute Gasteiger partial charge is 0.330 e.